The number of nitro groups is 1. The van der Waals surface area contributed by atoms with E-state index >= 15 is 0 Å². The van der Waals surface area contributed by atoms with E-state index in [1.54, 1.807) is 0 Å². The number of hydrogen-bond donors (Lipinski definition) is 1. The summed E-state index contributed by atoms with van der Waals surface area (Å²) in [4.78, 5) is 32.9. The zero-order valence-corrected chi connectivity index (χ0v) is 11.8. The van der Waals surface area contributed by atoms with E-state index in [0.29, 0.717) is 18.8 Å². The van der Waals surface area contributed by atoms with Gasteiger partial charge in [-0.2, -0.15) is 0 Å². The van der Waals surface area contributed by atoms with Crippen molar-refractivity contribution in [2.24, 2.45) is 0 Å². The van der Waals surface area contributed by atoms with Gasteiger partial charge in [-0.05, 0) is 13.0 Å². The van der Waals surface area contributed by atoms with Crippen LogP contribution >= 0.6 is 0 Å². The number of Topliss-reactive ketones (excluding diaryl/α,β-unsaturated/α-hetero) is 1. The summed E-state index contributed by atoms with van der Waals surface area (Å²) in [5, 5.41) is 13.7. The molecule has 8 nitrogen and oxygen atoms in total. The lowest BCUT2D eigenvalue weighted by Crippen LogP contribution is -2.15. The summed E-state index contributed by atoms with van der Waals surface area (Å²) in [6.45, 7) is 1.72. The highest BCUT2D eigenvalue weighted by Gasteiger charge is 2.18. The fourth-order valence-electron chi connectivity index (χ4n) is 1.50. The van der Waals surface area contributed by atoms with Gasteiger partial charge in [0, 0.05) is 31.5 Å². The predicted molar refractivity (Wildman–Crippen MR) is 74.4 cm³/mol. The lowest BCUT2D eigenvalue weighted by molar-refractivity contribution is -0.384. The highest BCUT2D eigenvalue weighted by atomic mass is 16.6. The Morgan fingerprint density at radius 2 is 2.10 bits per heavy atom. The fourth-order valence-corrected chi connectivity index (χ4v) is 1.50. The second-order valence-electron chi connectivity index (χ2n) is 4.18. The second kappa shape index (κ2) is 7.95. The van der Waals surface area contributed by atoms with Gasteiger partial charge in [0.05, 0.1) is 17.1 Å². The number of nitro benzene ring substituents is 1. The van der Waals surface area contributed by atoms with Crippen molar-refractivity contribution in [1.82, 2.24) is 0 Å². The molecule has 0 saturated heterocycles. The molecule has 0 aliphatic heterocycles. The fraction of sp³-hybridized carbons (Fsp3) is 0.385. The molecule has 0 amide bonds. The third-order valence-electron chi connectivity index (χ3n) is 2.46. The van der Waals surface area contributed by atoms with Gasteiger partial charge in [-0.25, -0.2) is 4.79 Å². The van der Waals surface area contributed by atoms with E-state index in [1.807, 2.05) is 0 Å². The van der Waals surface area contributed by atoms with E-state index in [2.05, 4.69) is 5.32 Å². The molecular formula is C13H16N2O6. The van der Waals surface area contributed by atoms with Crippen LogP contribution in [0.1, 0.15) is 17.3 Å². The Bertz CT molecular complexity index is 543. The van der Waals surface area contributed by atoms with E-state index in [9.17, 15) is 19.7 Å². The average Bonchev–Trinajstić information content (AvgIpc) is 2.45. The zero-order chi connectivity index (χ0) is 15.8. The molecule has 0 atom stereocenters. The molecule has 0 heterocycles. The zero-order valence-electron chi connectivity index (χ0n) is 11.8. The summed E-state index contributed by atoms with van der Waals surface area (Å²) in [7, 11) is 1.53. The van der Waals surface area contributed by atoms with E-state index in [-0.39, 0.29) is 23.6 Å². The first-order chi connectivity index (χ1) is 9.95. The van der Waals surface area contributed by atoms with Crippen LogP contribution in [-0.4, -0.2) is 43.5 Å². The minimum atomic E-state index is -0.797. The number of nitrogens with zero attached hydrogens (tertiary/aromatic N) is 1. The molecule has 0 radical (unpaired) electrons. The monoisotopic (exact) mass is 296 g/mol. The van der Waals surface area contributed by atoms with Crippen molar-refractivity contribution in [3.05, 3.63) is 33.9 Å². The van der Waals surface area contributed by atoms with E-state index in [0.717, 1.165) is 6.07 Å². The molecule has 0 aliphatic carbocycles. The highest BCUT2D eigenvalue weighted by molar-refractivity contribution is 5.97. The smallest absolute Gasteiger partial charge is 0.340 e. The van der Waals surface area contributed by atoms with Crippen LogP contribution in [0.5, 0.6) is 0 Å². The van der Waals surface area contributed by atoms with Gasteiger partial charge in [0.15, 0.2) is 5.78 Å². The van der Waals surface area contributed by atoms with Gasteiger partial charge >= 0.3 is 5.97 Å². The summed E-state index contributed by atoms with van der Waals surface area (Å²) >= 11 is 0. The quantitative estimate of drug-likeness (QED) is 0.334. The van der Waals surface area contributed by atoms with Crippen LogP contribution < -0.4 is 5.32 Å². The van der Waals surface area contributed by atoms with Gasteiger partial charge < -0.3 is 14.8 Å². The minimum Gasteiger partial charge on any atom is -0.454 e. The molecule has 0 aliphatic rings. The number of carbonyl (C=O) groups is 2. The molecule has 0 saturated carbocycles. The maximum Gasteiger partial charge on any atom is 0.340 e. The van der Waals surface area contributed by atoms with Gasteiger partial charge in [-0.15, -0.1) is 0 Å². The van der Waals surface area contributed by atoms with E-state index in [1.165, 1.54) is 26.2 Å². The van der Waals surface area contributed by atoms with Crippen LogP contribution in [-0.2, 0) is 14.3 Å². The summed E-state index contributed by atoms with van der Waals surface area (Å²) in [5.74, 6) is -1.11. The number of ether oxygens (including phenoxy) is 2. The topological polar surface area (TPSA) is 108 Å². The van der Waals surface area contributed by atoms with Crippen molar-refractivity contribution in [1.29, 1.82) is 0 Å². The molecular weight excluding hydrogens is 280 g/mol. The number of carbonyl (C=O) groups excluding carboxylic acids is 2. The Hall–Kier alpha value is -2.48. The number of hydrogen-bond acceptors (Lipinski definition) is 7. The Balaban J connectivity index is 2.98. The van der Waals surface area contributed by atoms with Crippen molar-refractivity contribution < 1.29 is 24.0 Å². The maximum atomic E-state index is 11.9. The first-order valence-electron chi connectivity index (χ1n) is 6.13. The van der Waals surface area contributed by atoms with Crippen LogP contribution in [0.4, 0.5) is 11.4 Å². The Morgan fingerprint density at radius 3 is 2.67 bits per heavy atom. The van der Waals surface area contributed by atoms with Gasteiger partial charge in [0.1, 0.15) is 6.61 Å². The lowest BCUT2D eigenvalue weighted by atomic mass is 10.1. The van der Waals surface area contributed by atoms with Crippen LogP contribution in [0.2, 0.25) is 0 Å². The van der Waals surface area contributed by atoms with Gasteiger partial charge in [0.25, 0.3) is 5.69 Å². The third-order valence-corrected chi connectivity index (χ3v) is 2.46. The Morgan fingerprint density at radius 1 is 1.38 bits per heavy atom. The number of rotatable bonds is 8. The van der Waals surface area contributed by atoms with Crippen molar-refractivity contribution >= 4 is 23.1 Å². The van der Waals surface area contributed by atoms with Gasteiger partial charge in [0.2, 0.25) is 0 Å². The molecule has 1 aromatic rings. The Kier molecular flexibility index (Phi) is 6.28. The van der Waals surface area contributed by atoms with Gasteiger partial charge in [-0.1, -0.05) is 0 Å². The van der Waals surface area contributed by atoms with Crippen LogP contribution in [0.15, 0.2) is 18.2 Å². The lowest BCUT2D eigenvalue weighted by Gasteiger charge is -2.11. The third kappa shape index (κ3) is 5.19. The number of non-ortho nitro benzene ring substituents is 1. The highest BCUT2D eigenvalue weighted by Crippen LogP contribution is 2.23. The van der Waals surface area contributed by atoms with Crippen molar-refractivity contribution in [3.8, 4) is 0 Å². The molecule has 1 rings (SSSR count). The maximum absolute atomic E-state index is 11.9. The molecule has 8 heteroatoms. The van der Waals surface area contributed by atoms with E-state index < -0.39 is 10.9 Å². The average molecular weight is 296 g/mol. The van der Waals surface area contributed by atoms with Crippen LogP contribution in [0.3, 0.4) is 0 Å². The molecule has 0 bridgehead atoms. The minimum absolute atomic E-state index is 0.00144. The standard InChI is InChI=1S/C13H16N2O6/c1-9(16)8-21-13(17)11-7-10(15(18)19)3-4-12(11)14-5-6-20-2/h3-4,7,14H,5-6,8H2,1-2H3. The van der Waals surface area contributed by atoms with Crippen LogP contribution in [0.25, 0.3) is 0 Å². The molecule has 1 aromatic carbocycles. The summed E-state index contributed by atoms with van der Waals surface area (Å²) in [5.41, 5.74) is 0.148. The number of anilines is 1. The van der Waals surface area contributed by atoms with Crippen molar-refractivity contribution in [2.45, 2.75) is 6.92 Å². The summed E-state index contributed by atoms with van der Waals surface area (Å²) in [6, 6.07) is 3.80. The largest absolute Gasteiger partial charge is 0.454 e. The van der Waals surface area contributed by atoms with Gasteiger partial charge in [-0.3, -0.25) is 14.9 Å². The molecule has 1 N–H and O–H groups in total. The predicted octanol–water partition coefficient (Wildman–Crippen LogP) is 1.40. The number of methoxy groups -OCH3 is 1. The molecule has 114 valence electrons. The SMILES string of the molecule is COCCNc1ccc([N+](=O)[O-])cc1C(=O)OCC(C)=O. The first kappa shape index (κ1) is 16.6. The summed E-state index contributed by atoms with van der Waals surface area (Å²) < 4.78 is 9.66. The second-order valence-corrected chi connectivity index (χ2v) is 4.18. The molecule has 0 aromatic heterocycles. The normalized spacial score (nSPS) is 10.0. The molecule has 0 unspecified atom stereocenters. The van der Waals surface area contributed by atoms with Crippen molar-refractivity contribution in [2.75, 3.05) is 32.2 Å². The first-order valence-corrected chi connectivity index (χ1v) is 6.13. The Labute approximate surface area is 121 Å². The number of esters is 1. The summed E-state index contributed by atoms with van der Waals surface area (Å²) in [6.07, 6.45) is 0. The number of benzene rings is 1. The molecule has 0 spiro atoms. The van der Waals surface area contributed by atoms with Crippen molar-refractivity contribution in [3.63, 3.8) is 0 Å². The number of ketones is 1. The number of nitrogens with one attached hydrogen (secondary N) is 1. The molecule has 0 fully saturated rings. The van der Waals surface area contributed by atoms with Crippen LogP contribution in [0, 0.1) is 10.1 Å². The molecule has 21 heavy (non-hydrogen) atoms. The van der Waals surface area contributed by atoms with E-state index in [4.69, 9.17) is 9.47 Å².